The molecule has 1 fully saturated rings. The lowest BCUT2D eigenvalue weighted by atomic mass is 9.83. The SMILES string of the molecule is Cc1nc(C(C)C)ccc1CN1CCn2cccc2C12CCCNC2. The van der Waals surface area contributed by atoms with Gasteiger partial charge in [0.15, 0.2) is 0 Å². The van der Waals surface area contributed by atoms with Gasteiger partial charge < -0.3 is 9.88 Å². The van der Waals surface area contributed by atoms with Crippen molar-refractivity contribution >= 4 is 0 Å². The van der Waals surface area contributed by atoms with Gasteiger partial charge in [-0.05, 0) is 56.0 Å². The zero-order valence-corrected chi connectivity index (χ0v) is 15.8. The van der Waals surface area contributed by atoms with Gasteiger partial charge in [0, 0.05) is 49.5 Å². The highest BCUT2D eigenvalue weighted by atomic mass is 15.3. The molecule has 0 aromatic carbocycles. The summed E-state index contributed by atoms with van der Waals surface area (Å²) in [5.74, 6) is 0.486. The van der Waals surface area contributed by atoms with E-state index < -0.39 is 0 Å². The molecular weight excluding hydrogens is 308 g/mol. The molecule has 0 bridgehead atoms. The predicted octanol–water partition coefficient (Wildman–Crippen LogP) is 3.41. The minimum atomic E-state index is 0.128. The smallest absolute Gasteiger partial charge is 0.0743 e. The number of nitrogens with one attached hydrogen (secondary N) is 1. The zero-order chi connectivity index (χ0) is 17.4. The molecule has 4 heterocycles. The molecule has 4 rings (SSSR count). The molecule has 4 heteroatoms. The second-order valence-corrected chi connectivity index (χ2v) is 7.96. The van der Waals surface area contributed by atoms with E-state index in [1.165, 1.54) is 35.5 Å². The van der Waals surface area contributed by atoms with Gasteiger partial charge in [0.2, 0.25) is 0 Å². The van der Waals surface area contributed by atoms with Gasteiger partial charge in [-0.25, -0.2) is 0 Å². The van der Waals surface area contributed by atoms with Crippen LogP contribution >= 0.6 is 0 Å². The van der Waals surface area contributed by atoms with Crippen LogP contribution in [-0.4, -0.2) is 34.1 Å². The lowest BCUT2D eigenvalue weighted by Gasteiger charge is -2.50. The second kappa shape index (κ2) is 6.58. The normalized spacial score (nSPS) is 24.0. The monoisotopic (exact) mass is 338 g/mol. The average Bonchev–Trinajstić information content (AvgIpc) is 3.10. The molecule has 1 atom stereocenters. The lowest BCUT2D eigenvalue weighted by molar-refractivity contribution is 0.0217. The molecule has 1 spiro atoms. The Kier molecular flexibility index (Phi) is 4.42. The molecule has 4 nitrogen and oxygen atoms in total. The molecule has 0 radical (unpaired) electrons. The van der Waals surface area contributed by atoms with Crippen LogP contribution in [0.25, 0.3) is 0 Å². The molecule has 2 aromatic rings. The Hall–Kier alpha value is -1.65. The van der Waals surface area contributed by atoms with Crippen LogP contribution in [0.2, 0.25) is 0 Å². The van der Waals surface area contributed by atoms with E-state index in [9.17, 15) is 0 Å². The predicted molar refractivity (Wildman–Crippen MR) is 102 cm³/mol. The average molecular weight is 338 g/mol. The highest BCUT2D eigenvalue weighted by Crippen LogP contribution is 2.39. The molecule has 1 N–H and O–H groups in total. The van der Waals surface area contributed by atoms with E-state index in [4.69, 9.17) is 4.98 Å². The first-order valence-corrected chi connectivity index (χ1v) is 9.68. The van der Waals surface area contributed by atoms with Crippen LogP contribution in [0.4, 0.5) is 0 Å². The summed E-state index contributed by atoms with van der Waals surface area (Å²) in [5, 5.41) is 3.66. The first kappa shape index (κ1) is 16.8. The van der Waals surface area contributed by atoms with Crippen molar-refractivity contribution in [1.82, 2.24) is 19.8 Å². The summed E-state index contributed by atoms with van der Waals surface area (Å²) in [6, 6.07) is 9.05. The number of piperidine rings is 1. The molecule has 0 amide bonds. The quantitative estimate of drug-likeness (QED) is 0.931. The van der Waals surface area contributed by atoms with Gasteiger partial charge >= 0.3 is 0 Å². The van der Waals surface area contributed by atoms with Crippen molar-refractivity contribution in [2.24, 2.45) is 0 Å². The van der Waals surface area contributed by atoms with E-state index in [0.29, 0.717) is 5.92 Å². The lowest BCUT2D eigenvalue weighted by Crippen LogP contribution is -2.59. The minimum Gasteiger partial charge on any atom is -0.348 e. The Morgan fingerprint density at radius 2 is 2.12 bits per heavy atom. The molecule has 1 unspecified atom stereocenters. The largest absolute Gasteiger partial charge is 0.348 e. The first-order chi connectivity index (χ1) is 12.1. The van der Waals surface area contributed by atoms with Gasteiger partial charge in [-0.15, -0.1) is 0 Å². The summed E-state index contributed by atoms with van der Waals surface area (Å²) < 4.78 is 2.45. The molecular formula is C21H30N4. The van der Waals surface area contributed by atoms with Gasteiger partial charge in [0.1, 0.15) is 0 Å². The third-order valence-electron chi connectivity index (χ3n) is 6.05. The van der Waals surface area contributed by atoms with Crippen molar-refractivity contribution in [3.05, 3.63) is 53.1 Å². The highest BCUT2D eigenvalue weighted by molar-refractivity contribution is 5.27. The fraction of sp³-hybridized carbons (Fsp3) is 0.571. The maximum absolute atomic E-state index is 4.86. The van der Waals surface area contributed by atoms with E-state index in [1.54, 1.807) is 0 Å². The number of pyridine rings is 1. The fourth-order valence-electron chi connectivity index (χ4n) is 4.55. The van der Waals surface area contributed by atoms with Crippen LogP contribution in [-0.2, 0) is 18.6 Å². The molecule has 0 saturated carbocycles. The van der Waals surface area contributed by atoms with E-state index >= 15 is 0 Å². The van der Waals surface area contributed by atoms with Gasteiger partial charge in [-0.2, -0.15) is 0 Å². The molecule has 1 saturated heterocycles. The Morgan fingerprint density at radius 3 is 2.84 bits per heavy atom. The van der Waals surface area contributed by atoms with Crippen molar-refractivity contribution in [3.8, 4) is 0 Å². The van der Waals surface area contributed by atoms with Crippen molar-refractivity contribution < 1.29 is 0 Å². The number of aromatic nitrogens is 2. The number of aryl methyl sites for hydroxylation is 1. The molecule has 2 aliphatic rings. The van der Waals surface area contributed by atoms with Gasteiger partial charge in [-0.1, -0.05) is 19.9 Å². The Balaban J connectivity index is 1.65. The summed E-state index contributed by atoms with van der Waals surface area (Å²) in [6.07, 6.45) is 4.72. The Labute approximate surface area is 151 Å². The third kappa shape index (κ3) is 2.91. The first-order valence-electron chi connectivity index (χ1n) is 9.68. The van der Waals surface area contributed by atoms with Crippen LogP contribution in [0.5, 0.6) is 0 Å². The summed E-state index contributed by atoms with van der Waals surface area (Å²) in [5.41, 5.74) is 5.36. The zero-order valence-electron chi connectivity index (χ0n) is 15.8. The standard InChI is InChI=1S/C21H30N4/c1-16(2)19-8-7-18(17(3)23-19)14-25-13-12-24-11-4-6-20(24)21(25)9-5-10-22-15-21/h4,6-8,11,16,22H,5,9-10,12-15H2,1-3H3. The van der Waals surface area contributed by atoms with Crippen LogP contribution < -0.4 is 5.32 Å². The maximum atomic E-state index is 4.86. The Bertz CT molecular complexity index is 740. The molecule has 2 aromatic heterocycles. The number of hydrogen-bond donors (Lipinski definition) is 1. The summed E-state index contributed by atoms with van der Waals surface area (Å²) in [7, 11) is 0. The van der Waals surface area contributed by atoms with Gasteiger partial charge in [0.05, 0.1) is 5.54 Å². The van der Waals surface area contributed by atoms with Crippen LogP contribution in [0.15, 0.2) is 30.5 Å². The third-order valence-corrected chi connectivity index (χ3v) is 6.05. The van der Waals surface area contributed by atoms with Crippen LogP contribution in [0.3, 0.4) is 0 Å². The van der Waals surface area contributed by atoms with Gasteiger partial charge in [0.25, 0.3) is 0 Å². The summed E-state index contributed by atoms with van der Waals surface area (Å²) >= 11 is 0. The van der Waals surface area contributed by atoms with E-state index in [-0.39, 0.29) is 5.54 Å². The number of hydrogen-bond acceptors (Lipinski definition) is 3. The van der Waals surface area contributed by atoms with Gasteiger partial charge in [-0.3, -0.25) is 9.88 Å². The molecule has 134 valence electrons. The fourth-order valence-corrected chi connectivity index (χ4v) is 4.55. The van der Waals surface area contributed by atoms with Crippen molar-refractivity contribution in [2.45, 2.75) is 58.2 Å². The highest BCUT2D eigenvalue weighted by Gasteiger charge is 2.43. The van der Waals surface area contributed by atoms with Crippen molar-refractivity contribution in [2.75, 3.05) is 19.6 Å². The number of rotatable bonds is 3. The minimum absolute atomic E-state index is 0.128. The summed E-state index contributed by atoms with van der Waals surface area (Å²) in [6.45, 7) is 12.0. The van der Waals surface area contributed by atoms with E-state index in [1.807, 2.05) is 0 Å². The maximum Gasteiger partial charge on any atom is 0.0743 e. The van der Waals surface area contributed by atoms with E-state index in [2.05, 4.69) is 66.0 Å². The van der Waals surface area contributed by atoms with Crippen molar-refractivity contribution in [3.63, 3.8) is 0 Å². The van der Waals surface area contributed by atoms with Crippen LogP contribution in [0.1, 0.15) is 55.3 Å². The number of fused-ring (bicyclic) bond motifs is 2. The molecule has 0 aliphatic carbocycles. The number of nitrogens with zero attached hydrogens (tertiary/aromatic N) is 3. The van der Waals surface area contributed by atoms with E-state index in [0.717, 1.165) is 32.7 Å². The summed E-state index contributed by atoms with van der Waals surface area (Å²) in [4.78, 5) is 7.56. The van der Waals surface area contributed by atoms with Crippen LogP contribution in [0, 0.1) is 6.92 Å². The van der Waals surface area contributed by atoms with Crippen molar-refractivity contribution in [1.29, 1.82) is 0 Å². The second-order valence-electron chi connectivity index (χ2n) is 7.96. The molecule has 25 heavy (non-hydrogen) atoms. The molecule has 2 aliphatic heterocycles. The Morgan fingerprint density at radius 1 is 1.24 bits per heavy atom. The topological polar surface area (TPSA) is 33.1 Å².